The lowest BCUT2D eigenvalue weighted by Crippen LogP contribution is -2.45. The maximum Gasteiger partial charge on any atom is 0.337 e. The van der Waals surface area contributed by atoms with Crippen molar-refractivity contribution in [2.24, 2.45) is 4.99 Å². The van der Waals surface area contributed by atoms with Gasteiger partial charge in [-0.15, -0.1) is 0 Å². The van der Waals surface area contributed by atoms with E-state index in [-0.39, 0.29) is 18.4 Å². The normalized spacial score (nSPS) is 18.1. The maximum absolute atomic E-state index is 13.6. The van der Waals surface area contributed by atoms with Gasteiger partial charge in [0.05, 0.1) is 19.2 Å². The number of benzene rings is 2. The Bertz CT molecular complexity index is 1410. The van der Waals surface area contributed by atoms with Crippen LogP contribution in [0.2, 0.25) is 0 Å². The number of hydrogen-bond acceptors (Lipinski definition) is 6. The van der Waals surface area contributed by atoms with Crippen molar-refractivity contribution in [2.75, 3.05) is 43.9 Å². The lowest BCUT2D eigenvalue weighted by Gasteiger charge is -2.25. The SMILES string of the molecule is COC(=O)c1ccc(NC(=N[C@H]2CCCCN(CC(=O)N3CCCC3)C2=O)Nc2ccc3oc(C)cc3c2)cc1. The Morgan fingerprint density at radius 2 is 1.68 bits per heavy atom. The molecule has 3 aromatic rings. The molecule has 2 fully saturated rings. The summed E-state index contributed by atoms with van der Waals surface area (Å²) in [5.74, 6) is 0.637. The molecule has 210 valence electrons. The number of likely N-dealkylation sites (tertiary alicyclic amines) is 2. The van der Waals surface area contributed by atoms with Crippen LogP contribution >= 0.6 is 0 Å². The summed E-state index contributed by atoms with van der Waals surface area (Å²) in [7, 11) is 1.34. The summed E-state index contributed by atoms with van der Waals surface area (Å²) < 4.78 is 10.5. The molecule has 10 nitrogen and oxygen atoms in total. The zero-order chi connectivity index (χ0) is 28.1. The van der Waals surface area contributed by atoms with Gasteiger partial charge in [0.25, 0.3) is 0 Å². The summed E-state index contributed by atoms with van der Waals surface area (Å²) in [5.41, 5.74) is 2.66. The number of rotatable bonds is 6. The van der Waals surface area contributed by atoms with Crippen LogP contribution in [0.5, 0.6) is 0 Å². The van der Waals surface area contributed by atoms with Crippen molar-refractivity contribution < 1.29 is 23.5 Å². The van der Waals surface area contributed by atoms with Gasteiger partial charge in [-0.2, -0.15) is 0 Å². The Labute approximate surface area is 233 Å². The quantitative estimate of drug-likeness (QED) is 0.268. The molecule has 3 heterocycles. The highest BCUT2D eigenvalue weighted by Gasteiger charge is 2.30. The number of ether oxygens (including phenoxy) is 1. The van der Waals surface area contributed by atoms with E-state index in [1.165, 1.54) is 7.11 Å². The number of nitrogens with zero attached hydrogens (tertiary/aromatic N) is 3. The molecule has 0 aliphatic carbocycles. The Kier molecular flexibility index (Phi) is 8.33. The molecule has 2 aliphatic rings. The molecule has 2 amide bonds. The lowest BCUT2D eigenvalue weighted by molar-refractivity contribution is -0.140. The second-order valence-corrected chi connectivity index (χ2v) is 10.3. The molecule has 0 saturated carbocycles. The molecule has 0 radical (unpaired) electrons. The van der Waals surface area contributed by atoms with Crippen LogP contribution in [0.15, 0.2) is 57.9 Å². The monoisotopic (exact) mass is 545 g/mol. The van der Waals surface area contributed by atoms with Crippen molar-refractivity contribution in [3.05, 3.63) is 59.9 Å². The molecule has 0 spiro atoms. The standard InChI is InChI=1S/C30H35N5O5/c1-20-17-22-18-24(12-13-26(22)40-20)32-30(31-23-10-8-21(9-11-23)29(38)39-2)33-25-7-3-4-16-35(28(25)37)19-27(36)34-14-5-6-15-34/h8-13,17-18,25H,3-7,14-16,19H2,1-2H3,(H2,31,32,33)/t25-/m0/s1. The largest absolute Gasteiger partial charge is 0.465 e. The number of aliphatic imine (C=N–C) groups is 1. The van der Waals surface area contributed by atoms with Crippen molar-refractivity contribution in [1.82, 2.24) is 9.80 Å². The minimum atomic E-state index is -0.641. The average molecular weight is 546 g/mol. The highest BCUT2D eigenvalue weighted by Crippen LogP contribution is 2.24. The number of carbonyl (C=O) groups is 3. The number of furan rings is 1. The molecule has 40 heavy (non-hydrogen) atoms. The van der Waals surface area contributed by atoms with E-state index in [4.69, 9.17) is 14.1 Å². The third-order valence-corrected chi connectivity index (χ3v) is 7.29. The Morgan fingerprint density at radius 1 is 0.975 bits per heavy atom. The summed E-state index contributed by atoms with van der Waals surface area (Å²) in [6.07, 6.45) is 4.26. The van der Waals surface area contributed by atoms with Crippen LogP contribution in [-0.4, -0.2) is 72.9 Å². The number of amides is 2. The molecule has 1 aromatic heterocycles. The zero-order valence-electron chi connectivity index (χ0n) is 22.9. The van der Waals surface area contributed by atoms with Gasteiger partial charge in [0, 0.05) is 36.4 Å². The van der Waals surface area contributed by atoms with E-state index < -0.39 is 12.0 Å². The summed E-state index contributed by atoms with van der Waals surface area (Å²) in [4.78, 5) is 46.6. The highest BCUT2D eigenvalue weighted by atomic mass is 16.5. The van der Waals surface area contributed by atoms with E-state index in [2.05, 4.69) is 10.6 Å². The predicted molar refractivity (Wildman–Crippen MR) is 153 cm³/mol. The number of methoxy groups -OCH3 is 1. The minimum Gasteiger partial charge on any atom is -0.465 e. The number of nitrogens with one attached hydrogen (secondary N) is 2. The molecule has 2 N–H and O–H groups in total. The first-order valence-corrected chi connectivity index (χ1v) is 13.8. The second-order valence-electron chi connectivity index (χ2n) is 10.3. The second kappa shape index (κ2) is 12.2. The number of carbonyl (C=O) groups excluding carboxylic acids is 3. The van der Waals surface area contributed by atoms with Crippen LogP contribution in [0.1, 0.15) is 48.2 Å². The number of guanidine groups is 1. The van der Waals surface area contributed by atoms with Crippen LogP contribution in [0.25, 0.3) is 11.0 Å². The fraction of sp³-hybridized carbons (Fsp3) is 0.400. The maximum atomic E-state index is 13.6. The van der Waals surface area contributed by atoms with Crippen LogP contribution < -0.4 is 10.6 Å². The highest BCUT2D eigenvalue weighted by molar-refractivity contribution is 6.06. The van der Waals surface area contributed by atoms with Gasteiger partial charge in [-0.3, -0.25) is 9.59 Å². The first-order valence-electron chi connectivity index (χ1n) is 13.8. The molecule has 1 atom stereocenters. The van der Waals surface area contributed by atoms with Crippen LogP contribution in [0, 0.1) is 6.92 Å². The smallest absolute Gasteiger partial charge is 0.337 e. The number of anilines is 2. The number of hydrogen-bond donors (Lipinski definition) is 2. The van der Waals surface area contributed by atoms with E-state index in [0.717, 1.165) is 61.2 Å². The number of aryl methyl sites for hydroxylation is 1. The first-order chi connectivity index (χ1) is 19.4. The van der Waals surface area contributed by atoms with Gasteiger partial charge in [0.2, 0.25) is 17.8 Å². The van der Waals surface area contributed by atoms with Crippen molar-refractivity contribution in [3.8, 4) is 0 Å². The topological polar surface area (TPSA) is 116 Å². The van der Waals surface area contributed by atoms with Crippen LogP contribution in [-0.2, 0) is 14.3 Å². The predicted octanol–water partition coefficient (Wildman–Crippen LogP) is 4.41. The van der Waals surface area contributed by atoms with Gasteiger partial charge in [-0.25, -0.2) is 9.79 Å². The Hall–Kier alpha value is -4.34. The van der Waals surface area contributed by atoms with Gasteiger partial charge < -0.3 is 29.6 Å². The summed E-state index contributed by atoms with van der Waals surface area (Å²) >= 11 is 0. The van der Waals surface area contributed by atoms with E-state index in [1.807, 2.05) is 36.1 Å². The van der Waals surface area contributed by atoms with E-state index in [0.29, 0.717) is 30.2 Å². The fourth-order valence-electron chi connectivity index (χ4n) is 5.18. The van der Waals surface area contributed by atoms with Gasteiger partial charge in [-0.1, -0.05) is 0 Å². The number of fused-ring (bicyclic) bond motifs is 1. The fourth-order valence-corrected chi connectivity index (χ4v) is 5.18. The molecule has 2 aromatic carbocycles. The van der Waals surface area contributed by atoms with Crippen LogP contribution in [0.3, 0.4) is 0 Å². The molecule has 0 bridgehead atoms. The van der Waals surface area contributed by atoms with E-state index in [9.17, 15) is 14.4 Å². The first kappa shape index (κ1) is 27.2. The Morgan fingerprint density at radius 3 is 2.42 bits per heavy atom. The summed E-state index contributed by atoms with van der Waals surface area (Å²) in [5, 5.41) is 7.54. The van der Waals surface area contributed by atoms with Gasteiger partial charge in [-0.05, 0) is 87.6 Å². The molecule has 0 unspecified atom stereocenters. The Balaban J connectivity index is 1.40. The molecule has 5 rings (SSSR count). The summed E-state index contributed by atoms with van der Waals surface area (Å²) in [6.45, 7) is 4.06. The van der Waals surface area contributed by atoms with Gasteiger partial charge in [0.15, 0.2) is 0 Å². The van der Waals surface area contributed by atoms with E-state index >= 15 is 0 Å². The lowest BCUT2D eigenvalue weighted by atomic mass is 10.1. The molecule has 10 heteroatoms. The minimum absolute atomic E-state index is 0.00126. The van der Waals surface area contributed by atoms with Crippen molar-refractivity contribution >= 4 is 46.1 Å². The third-order valence-electron chi connectivity index (χ3n) is 7.29. The molecular formula is C30H35N5O5. The van der Waals surface area contributed by atoms with E-state index in [1.54, 1.807) is 29.2 Å². The van der Waals surface area contributed by atoms with Crippen molar-refractivity contribution in [1.29, 1.82) is 0 Å². The van der Waals surface area contributed by atoms with Crippen molar-refractivity contribution in [3.63, 3.8) is 0 Å². The third kappa shape index (κ3) is 6.44. The summed E-state index contributed by atoms with van der Waals surface area (Å²) in [6, 6.07) is 13.9. The molecular weight excluding hydrogens is 510 g/mol. The zero-order valence-corrected chi connectivity index (χ0v) is 22.9. The molecule has 2 aliphatic heterocycles. The van der Waals surface area contributed by atoms with Gasteiger partial charge in [0.1, 0.15) is 17.4 Å². The average Bonchev–Trinajstić information content (AvgIpc) is 3.59. The number of esters is 1. The van der Waals surface area contributed by atoms with Crippen LogP contribution in [0.4, 0.5) is 11.4 Å². The van der Waals surface area contributed by atoms with Gasteiger partial charge >= 0.3 is 5.97 Å². The van der Waals surface area contributed by atoms with Crippen molar-refractivity contribution in [2.45, 2.75) is 45.1 Å². The molecule has 2 saturated heterocycles.